The number of hydrogen-bond donors (Lipinski definition) is 1. The molecular formula is C10H11NO. The molecule has 2 N–H and O–H groups in total. The van der Waals surface area contributed by atoms with Crippen LogP contribution >= 0.6 is 0 Å². The van der Waals surface area contributed by atoms with E-state index in [-0.39, 0.29) is 0 Å². The van der Waals surface area contributed by atoms with Crippen molar-refractivity contribution in [3.63, 3.8) is 0 Å². The Kier molecular flexibility index (Phi) is 3.08. The normalized spacial score (nSPS) is 10.3. The summed E-state index contributed by atoms with van der Waals surface area (Å²) in [6.07, 6.45) is 5.05. The van der Waals surface area contributed by atoms with E-state index < -0.39 is 0 Å². The second-order valence-corrected chi connectivity index (χ2v) is 2.47. The van der Waals surface area contributed by atoms with Crippen LogP contribution in [0.3, 0.4) is 0 Å². The Morgan fingerprint density at radius 3 is 2.50 bits per heavy atom. The van der Waals surface area contributed by atoms with Gasteiger partial charge in [-0.15, -0.1) is 0 Å². The van der Waals surface area contributed by atoms with Crippen LogP contribution in [-0.4, -0.2) is 6.29 Å². The first-order valence-corrected chi connectivity index (χ1v) is 3.78. The number of carbonyl (C=O) groups excluding carboxylic acids is 1. The maximum Gasteiger partial charge on any atom is 0.123 e. The Morgan fingerprint density at radius 1 is 1.25 bits per heavy atom. The molecule has 62 valence electrons. The largest absolute Gasteiger partial charge is 0.399 e. The minimum atomic E-state index is 0.463. The van der Waals surface area contributed by atoms with Crippen molar-refractivity contribution < 1.29 is 4.79 Å². The smallest absolute Gasteiger partial charge is 0.123 e. The highest BCUT2D eigenvalue weighted by Gasteiger charge is 1.85. The molecule has 0 saturated heterocycles. The minimum Gasteiger partial charge on any atom is -0.399 e. The standard InChI is InChI=1S/C10H11NO/c11-10-6-4-9(5-7-10)3-1-2-8-12/h1,3-8H,2,11H2. The van der Waals surface area contributed by atoms with Crippen molar-refractivity contribution >= 4 is 18.0 Å². The van der Waals surface area contributed by atoms with Gasteiger partial charge in [-0.25, -0.2) is 0 Å². The first-order chi connectivity index (χ1) is 5.83. The monoisotopic (exact) mass is 161 g/mol. The van der Waals surface area contributed by atoms with Crippen molar-refractivity contribution in [3.8, 4) is 0 Å². The highest BCUT2D eigenvalue weighted by Crippen LogP contribution is 2.06. The van der Waals surface area contributed by atoms with Gasteiger partial charge in [0.1, 0.15) is 6.29 Å². The molecule has 0 amide bonds. The number of anilines is 1. The summed E-state index contributed by atoms with van der Waals surface area (Å²) in [6, 6.07) is 7.49. The molecule has 0 aliphatic rings. The topological polar surface area (TPSA) is 43.1 Å². The lowest BCUT2D eigenvalue weighted by Gasteiger charge is -1.93. The van der Waals surface area contributed by atoms with E-state index in [1.54, 1.807) is 0 Å². The molecule has 0 bridgehead atoms. The molecule has 0 saturated carbocycles. The molecule has 2 heteroatoms. The maximum absolute atomic E-state index is 9.98. The van der Waals surface area contributed by atoms with Crippen LogP contribution in [0, 0.1) is 0 Å². The van der Waals surface area contributed by atoms with Gasteiger partial charge in [-0.3, -0.25) is 0 Å². The van der Waals surface area contributed by atoms with E-state index in [0.717, 1.165) is 17.5 Å². The molecule has 0 radical (unpaired) electrons. The molecule has 0 atom stereocenters. The average molecular weight is 161 g/mol. The fourth-order valence-electron chi connectivity index (χ4n) is 0.867. The zero-order valence-electron chi connectivity index (χ0n) is 6.73. The summed E-state index contributed by atoms with van der Waals surface area (Å²) in [4.78, 5) is 9.98. The van der Waals surface area contributed by atoms with Crippen LogP contribution in [0.4, 0.5) is 5.69 Å². The average Bonchev–Trinajstić information content (AvgIpc) is 2.09. The van der Waals surface area contributed by atoms with E-state index in [1.165, 1.54) is 0 Å². The van der Waals surface area contributed by atoms with E-state index in [0.29, 0.717) is 6.42 Å². The van der Waals surface area contributed by atoms with E-state index >= 15 is 0 Å². The molecule has 2 nitrogen and oxygen atoms in total. The minimum absolute atomic E-state index is 0.463. The number of carbonyl (C=O) groups is 1. The number of hydrogen-bond acceptors (Lipinski definition) is 2. The van der Waals surface area contributed by atoms with Crippen molar-refractivity contribution in [1.82, 2.24) is 0 Å². The Balaban J connectivity index is 2.64. The highest BCUT2D eigenvalue weighted by molar-refractivity contribution is 5.59. The molecule has 12 heavy (non-hydrogen) atoms. The molecule has 1 aromatic rings. The lowest BCUT2D eigenvalue weighted by molar-refractivity contribution is -0.107. The Hall–Kier alpha value is -1.57. The van der Waals surface area contributed by atoms with Gasteiger partial charge >= 0.3 is 0 Å². The van der Waals surface area contributed by atoms with Gasteiger partial charge in [0.25, 0.3) is 0 Å². The van der Waals surface area contributed by atoms with E-state index in [9.17, 15) is 4.79 Å². The predicted molar refractivity (Wildman–Crippen MR) is 50.6 cm³/mol. The lowest BCUT2D eigenvalue weighted by atomic mass is 10.2. The van der Waals surface area contributed by atoms with Gasteiger partial charge < -0.3 is 10.5 Å². The Morgan fingerprint density at radius 2 is 1.92 bits per heavy atom. The Labute approximate surface area is 71.7 Å². The van der Waals surface area contributed by atoms with Crippen molar-refractivity contribution in [1.29, 1.82) is 0 Å². The molecule has 1 rings (SSSR count). The van der Waals surface area contributed by atoms with Crippen LogP contribution in [0.25, 0.3) is 6.08 Å². The van der Waals surface area contributed by atoms with E-state index in [2.05, 4.69) is 0 Å². The fourth-order valence-corrected chi connectivity index (χ4v) is 0.867. The summed E-state index contributed by atoms with van der Waals surface area (Å²) in [5, 5.41) is 0. The third-order valence-corrected chi connectivity index (χ3v) is 1.48. The summed E-state index contributed by atoms with van der Waals surface area (Å²) in [5.41, 5.74) is 7.31. The molecule has 0 aliphatic heterocycles. The van der Waals surface area contributed by atoms with E-state index in [4.69, 9.17) is 5.73 Å². The van der Waals surface area contributed by atoms with Crippen molar-refractivity contribution in [3.05, 3.63) is 35.9 Å². The summed E-state index contributed by atoms with van der Waals surface area (Å²) >= 11 is 0. The number of aldehydes is 1. The zero-order valence-corrected chi connectivity index (χ0v) is 6.73. The third kappa shape index (κ3) is 2.58. The maximum atomic E-state index is 9.98. The van der Waals surface area contributed by atoms with Gasteiger partial charge in [0.05, 0.1) is 0 Å². The summed E-state index contributed by atoms with van der Waals surface area (Å²) in [5.74, 6) is 0. The molecule has 0 heterocycles. The first kappa shape index (κ1) is 8.53. The van der Waals surface area contributed by atoms with Gasteiger partial charge in [-0.2, -0.15) is 0 Å². The molecule has 1 aromatic carbocycles. The van der Waals surface area contributed by atoms with Crippen LogP contribution in [0.1, 0.15) is 12.0 Å². The molecule has 0 aliphatic carbocycles. The molecule has 0 aromatic heterocycles. The quantitative estimate of drug-likeness (QED) is 0.543. The summed E-state index contributed by atoms with van der Waals surface area (Å²) < 4.78 is 0. The first-order valence-electron chi connectivity index (χ1n) is 3.78. The number of rotatable bonds is 3. The van der Waals surface area contributed by atoms with Gasteiger partial charge in [0.15, 0.2) is 0 Å². The van der Waals surface area contributed by atoms with Crippen LogP contribution in [0.15, 0.2) is 30.3 Å². The van der Waals surface area contributed by atoms with Crippen molar-refractivity contribution in [2.75, 3.05) is 5.73 Å². The van der Waals surface area contributed by atoms with Gasteiger partial charge in [0.2, 0.25) is 0 Å². The van der Waals surface area contributed by atoms with E-state index in [1.807, 2.05) is 36.4 Å². The van der Waals surface area contributed by atoms with Crippen LogP contribution in [0.5, 0.6) is 0 Å². The predicted octanol–water partition coefficient (Wildman–Crippen LogP) is 1.87. The third-order valence-electron chi connectivity index (χ3n) is 1.48. The zero-order chi connectivity index (χ0) is 8.81. The second kappa shape index (κ2) is 4.34. The van der Waals surface area contributed by atoms with Crippen LogP contribution in [0.2, 0.25) is 0 Å². The number of nitrogen functional groups attached to an aromatic ring is 1. The van der Waals surface area contributed by atoms with Crippen LogP contribution in [-0.2, 0) is 4.79 Å². The van der Waals surface area contributed by atoms with Gasteiger partial charge in [-0.1, -0.05) is 24.3 Å². The van der Waals surface area contributed by atoms with Gasteiger partial charge in [-0.05, 0) is 17.7 Å². The molecular weight excluding hydrogens is 150 g/mol. The van der Waals surface area contributed by atoms with Gasteiger partial charge in [0, 0.05) is 12.1 Å². The second-order valence-electron chi connectivity index (χ2n) is 2.47. The Bertz CT molecular complexity index is 274. The number of nitrogens with two attached hydrogens (primary N) is 1. The van der Waals surface area contributed by atoms with Crippen molar-refractivity contribution in [2.45, 2.75) is 6.42 Å². The lowest BCUT2D eigenvalue weighted by Crippen LogP contribution is -1.82. The number of allylic oxidation sites excluding steroid dienone is 1. The number of benzene rings is 1. The molecule has 0 fully saturated rings. The molecule has 0 unspecified atom stereocenters. The SMILES string of the molecule is Nc1ccc(C=CCC=O)cc1. The van der Waals surface area contributed by atoms with Crippen LogP contribution < -0.4 is 5.73 Å². The molecule has 0 spiro atoms. The summed E-state index contributed by atoms with van der Waals surface area (Å²) in [7, 11) is 0. The fraction of sp³-hybridized carbons (Fsp3) is 0.100. The summed E-state index contributed by atoms with van der Waals surface area (Å²) in [6.45, 7) is 0. The van der Waals surface area contributed by atoms with Crippen molar-refractivity contribution in [2.24, 2.45) is 0 Å². The highest BCUT2D eigenvalue weighted by atomic mass is 16.1.